The predicted molar refractivity (Wildman–Crippen MR) is 117 cm³/mol. The molecule has 2 saturated carbocycles. The quantitative estimate of drug-likeness (QED) is 0.648. The van der Waals surface area contributed by atoms with Crippen molar-refractivity contribution in [2.75, 3.05) is 19.0 Å². The van der Waals surface area contributed by atoms with E-state index in [9.17, 15) is 4.79 Å². The molecule has 0 aliphatic heterocycles. The topological polar surface area (TPSA) is 29.5 Å². The normalized spacial score (nSPS) is 30.3. The highest BCUT2D eigenvalue weighted by molar-refractivity contribution is 5.87. The van der Waals surface area contributed by atoms with Gasteiger partial charge >= 0.3 is 0 Å². The van der Waals surface area contributed by atoms with E-state index in [-0.39, 0.29) is 5.41 Å². The number of hydrogen-bond acceptors (Lipinski definition) is 3. The second kappa shape index (κ2) is 6.90. The Morgan fingerprint density at radius 3 is 2.48 bits per heavy atom. The minimum atomic E-state index is -0.0412. The Labute approximate surface area is 174 Å². The zero-order valence-electron chi connectivity index (χ0n) is 17.8. The summed E-state index contributed by atoms with van der Waals surface area (Å²) in [6.07, 6.45) is 6.45. The molecule has 0 N–H and O–H groups in total. The third-order valence-corrected chi connectivity index (χ3v) is 8.00. The molecular formula is C26H31NO2. The largest absolute Gasteiger partial charge is 0.457 e. The van der Waals surface area contributed by atoms with Crippen molar-refractivity contribution in [2.45, 2.75) is 51.4 Å². The molecule has 2 aromatic rings. The maximum absolute atomic E-state index is 12.5. The lowest BCUT2D eigenvalue weighted by atomic mass is 9.55. The summed E-state index contributed by atoms with van der Waals surface area (Å²) in [6, 6.07) is 14.9. The van der Waals surface area contributed by atoms with E-state index in [0.29, 0.717) is 23.5 Å². The van der Waals surface area contributed by atoms with Crippen molar-refractivity contribution in [3.63, 3.8) is 0 Å². The van der Waals surface area contributed by atoms with E-state index in [1.165, 1.54) is 23.2 Å². The van der Waals surface area contributed by atoms with Crippen LogP contribution in [0.2, 0.25) is 0 Å². The van der Waals surface area contributed by atoms with Crippen LogP contribution < -0.4 is 9.64 Å². The van der Waals surface area contributed by atoms with Crippen LogP contribution in [0.25, 0.3) is 0 Å². The Kier molecular flexibility index (Phi) is 4.45. The molecule has 3 heteroatoms. The number of aryl methyl sites for hydroxylation is 1. The summed E-state index contributed by atoms with van der Waals surface area (Å²) in [4.78, 5) is 14.6. The van der Waals surface area contributed by atoms with Crippen molar-refractivity contribution in [1.29, 1.82) is 0 Å². The molecule has 4 atom stereocenters. The lowest BCUT2D eigenvalue weighted by Crippen LogP contribution is -2.42. The van der Waals surface area contributed by atoms with Gasteiger partial charge in [0.2, 0.25) is 0 Å². The lowest BCUT2D eigenvalue weighted by molar-refractivity contribution is -0.129. The van der Waals surface area contributed by atoms with Gasteiger partial charge in [-0.3, -0.25) is 4.79 Å². The summed E-state index contributed by atoms with van der Waals surface area (Å²) < 4.78 is 6.15. The number of Topliss-reactive ketones (excluding diaryl/α,β-unsaturated/α-hetero) is 1. The van der Waals surface area contributed by atoms with Crippen LogP contribution in [-0.4, -0.2) is 19.9 Å². The van der Waals surface area contributed by atoms with Gasteiger partial charge in [0, 0.05) is 31.6 Å². The van der Waals surface area contributed by atoms with E-state index in [1.54, 1.807) is 0 Å². The first-order chi connectivity index (χ1) is 14.0. The smallest absolute Gasteiger partial charge is 0.139 e. The Morgan fingerprint density at radius 2 is 1.72 bits per heavy atom. The van der Waals surface area contributed by atoms with Gasteiger partial charge in [-0.2, -0.15) is 0 Å². The van der Waals surface area contributed by atoms with Crippen molar-refractivity contribution < 1.29 is 9.53 Å². The number of carbonyl (C=O) groups excluding carboxylic acids is 1. The van der Waals surface area contributed by atoms with E-state index < -0.39 is 0 Å². The van der Waals surface area contributed by atoms with Gasteiger partial charge in [0.15, 0.2) is 0 Å². The van der Waals surface area contributed by atoms with Crippen LogP contribution in [-0.2, 0) is 11.2 Å². The first-order valence-corrected chi connectivity index (χ1v) is 11.1. The number of ketones is 1. The van der Waals surface area contributed by atoms with Crippen molar-refractivity contribution in [1.82, 2.24) is 0 Å². The summed E-state index contributed by atoms with van der Waals surface area (Å²) in [7, 11) is 4.09. The fourth-order valence-electron chi connectivity index (χ4n) is 6.34. The number of anilines is 1. The Morgan fingerprint density at radius 1 is 0.966 bits per heavy atom. The highest BCUT2D eigenvalue weighted by Crippen LogP contribution is 2.59. The number of hydrogen-bond donors (Lipinski definition) is 0. The molecule has 0 spiro atoms. The van der Waals surface area contributed by atoms with Crippen LogP contribution in [0, 0.1) is 17.3 Å². The summed E-state index contributed by atoms with van der Waals surface area (Å²) in [5.41, 5.74) is 4.09. The minimum absolute atomic E-state index is 0.0412. The van der Waals surface area contributed by atoms with Gasteiger partial charge in [0.1, 0.15) is 17.3 Å². The number of fused-ring (bicyclic) bond motifs is 5. The lowest BCUT2D eigenvalue weighted by Gasteiger charge is -2.48. The standard InChI is InChI=1S/C26H31NO2/c1-26-15-14-22-21-11-9-20(29-19-7-5-18(6-8-19)27(2)3)16-17(21)4-10-23(22)24(26)12-13-25(26)28/h5-9,11,16,22-24H,4,10,12-15H2,1-3H3/t22-,23-,24+,26+/m1/s1. The maximum Gasteiger partial charge on any atom is 0.139 e. The number of carbonyl (C=O) groups is 1. The summed E-state index contributed by atoms with van der Waals surface area (Å²) in [5.74, 6) is 4.22. The van der Waals surface area contributed by atoms with Crippen LogP contribution in [0.4, 0.5) is 5.69 Å². The molecule has 0 bridgehead atoms. The molecule has 0 aromatic heterocycles. The van der Waals surface area contributed by atoms with Crippen molar-refractivity contribution >= 4 is 11.5 Å². The molecule has 0 amide bonds. The average Bonchev–Trinajstić information content (AvgIpc) is 3.03. The van der Waals surface area contributed by atoms with Crippen LogP contribution in [0.3, 0.4) is 0 Å². The van der Waals surface area contributed by atoms with Gasteiger partial charge in [-0.1, -0.05) is 13.0 Å². The molecule has 3 nitrogen and oxygen atoms in total. The zero-order valence-corrected chi connectivity index (χ0v) is 17.8. The van der Waals surface area contributed by atoms with Gasteiger partial charge in [0.05, 0.1) is 0 Å². The maximum atomic E-state index is 12.5. The highest BCUT2D eigenvalue weighted by Gasteiger charge is 2.54. The van der Waals surface area contributed by atoms with E-state index >= 15 is 0 Å². The van der Waals surface area contributed by atoms with E-state index in [0.717, 1.165) is 43.6 Å². The van der Waals surface area contributed by atoms with E-state index in [2.05, 4.69) is 42.2 Å². The molecule has 0 heterocycles. The van der Waals surface area contributed by atoms with Gasteiger partial charge in [-0.05, 0) is 97.4 Å². The molecule has 5 rings (SSSR count). The number of nitrogens with zero attached hydrogens (tertiary/aromatic N) is 1. The molecule has 3 aliphatic rings. The minimum Gasteiger partial charge on any atom is -0.457 e. The molecular weight excluding hydrogens is 358 g/mol. The molecule has 0 radical (unpaired) electrons. The molecule has 2 aromatic carbocycles. The second-order valence-electron chi connectivity index (χ2n) is 9.68. The van der Waals surface area contributed by atoms with Crippen LogP contribution >= 0.6 is 0 Å². The van der Waals surface area contributed by atoms with E-state index in [4.69, 9.17) is 4.74 Å². The molecule has 29 heavy (non-hydrogen) atoms. The van der Waals surface area contributed by atoms with Crippen LogP contribution in [0.1, 0.15) is 56.1 Å². The number of benzene rings is 2. The monoisotopic (exact) mass is 389 g/mol. The van der Waals surface area contributed by atoms with Gasteiger partial charge in [-0.25, -0.2) is 0 Å². The molecule has 3 aliphatic carbocycles. The van der Waals surface area contributed by atoms with Crippen LogP contribution in [0.15, 0.2) is 42.5 Å². The summed E-state index contributed by atoms with van der Waals surface area (Å²) in [6.45, 7) is 2.25. The number of ether oxygens (including phenoxy) is 1. The number of rotatable bonds is 3. The fourth-order valence-corrected chi connectivity index (χ4v) is 6.34. The van der Waals surface area contributed by atoms with Gasteiger partial charge in [-0.15, -0.1) is 0 Å². The summed E-state index contributed by atoms with van der Waals surface area (Å²) >= 11 is 0. The third-order valence-electron chi connectivity index (χ3n) is 8.00. The second-order valence-corrected chi connectivity index (χ2v) is 9.68. The Hall–Kier alpha value is -2.29. The zero-order chi connectivity index (χ0) is 20.2. The molecule has 0 saturated heterocycles. The summed E-state index contributed by atoms with van der Waals surface area (Å²) in [5, 5.41) is 0. The average molecular weight is 390 g/mol. The van der Waals surface area contributed by atoms with Gasteiger partial charge < -0.3 is 9.64 Å². The SMILES string of the molecule is CN(C)c1ccc(Oc2ccc3c(c2)CC[C@@H]2[C@@H]3CC[C@]3(C)C(=O)CC[C@@H]23)cc1. The Balaban J connectivity index is 1.36. The van der Waals surface area contributed by atoms with Crippen molar-refractivity contribution in [3.8, 4) is 11.5 Å². The predicted octanol–water partition coefficient (Wildman–Crippen LogP) is 5.97. The molecule has 152 valence electrons. The van der Waals surface area contributed by atoms with Crippen LogP contribution in [0.5, 0.6) is 11.5 Å². The third kappa shape index (κ3) is 3.06. The van der Waals surface area contributed by atoms with Gasteiger partial charge in [0.25, 0.3) is 0 Å². The van der Waals surface area contributed by atoms with Crippen molar-refractivity contribution in [2.24, 2.45) is 17.3 Å². The molecule has 0 unspecified atom stereocenters. The van der Waals surface area contributed by atoms with Crippen molar-refractivity contribution in [3.05, 3.63) is 53.6 Å². The fraction of sp³-hybridized carbons (Fsp3) is 0.500. The van der Waals surface area contributed by atoms with E-state index in [1.807, 2.05) is 26.2 Å². The molecule has 2 fully saturated rings. The Bertz CT molecular complexity index is 932. The first kappa shape index (κ1) is 18.7. The highest BCUT2D eigenvalue weighted by atomic mass is 16.5. The first-order valence-electron chi connectivity index (χ1n) is 11.1.